The van der Waals surface area contributed by atoms with Crippen LogP contribution in [0.5, 0.6) is 0 Å². The van der Waals surface area contributed by atoms with Crippen molar-refractivity contribution >= 4 is 21.9 Å². The van der Waals surface area contributed by atoms with Gasteiger partial charge in [-0.25, -0.2) is 18.2 Å². The van der Waals surface area contributed by atoms with Gasteiger partial charge in [0, 0.05) is 0 Å². The van der Waals surface area contributed by atoms with Gasteiger partial charge in [0.1, 0.15) is 22.8 Å². The van der Waals surface area contributed by atoms with E-state index in [1.165, 1.54) is 12.1 Å². The molecule has 2 atom stereocenters. The van der Waals surface area contributed by atoms with Gasteiger partial charge in [-0.1, -0.05) is 19.1 Å². The molecule has 0 radical (unpaired) electrons. The monoisotopic (exact) mass is 384 g/mol. The number of rotatable bonds is 11. The molecule has 1 aliphatic rings. The number of benzene rings is 1. The maximum Gasteiger partial charge on any atom is 1.00 e. The van der Waals surface area contributed by atoms with Crippen molar-refractivity contribution in [2.24, 2.45) is 0 Å². The summed E-state index contributed by atoms with van der Waals surface area (Å²) in [7, 11) is -4.37. The predicted molar refractivity (Wildman–Crippen MR) is 86.4 cm³/mol. The second kappa shape index (κ2) is 11.2. The van der Waals surface area contributed by atoms with Crippen molar-refractivity contribution in [1.82, 2.24) is 0 Å². The first-order valence-electron chi connectivity index (χ1n) is 7.46. The van der Waals surface area contributed by atoms with Crippen LogP contribution in [0.3, 0.4) is 0 Å². The van der Waals surface area contributed by atoms with Gasteiger partial charge in [-0.15, -0.1) is 0 Å². The molecule has 0 amide bonds. The molecule has 0 saturated carbocycles. The fraction of sp³-hybridized carbons (Fsp3) is 0.600. The van der Waals surface area contributed by atoms with Crippen LogP contribution in [0.15, 0.2) is 29.2 Å². The summed E-state index contributed by atoms with van der Waals surface area (Å²) in [5.41, 5.74) is 1.02. The molecule has 130 valence electrons. The molecule has 1 heterocycles. The Morgan fingerprint density at radius 1 is 1.33 bits per heavy atom. The Kier molecular flexibility index (Phi) is 10.4. The molecule has 1 aromatic carbocycles. The van der Waals surface area contributed by atoms with Crippen molar-refractivity contribution in [3.05, 3.63) is 29.8 Å². The van der Waals surface area contributed by atoms with Crippen molar-refractivity contribution in [3.8, 4) is 0 Å². The van der Waals surface area contributed by atoms with E-state index in [1.54, 1.807) is 23.9 Å². The van der Waals surface area contributed by atoms with Gasteiger partial charge >= 0.3 is 29.6 Å². The van der Waals surface area contributed by atoms with Crippen molar-refractivity contribution < 1.29 is 57.0 Å². The van der Waals surface area contributed by atoms with Crippen molar-refractivity contribution in [1.29, 1.82) is 0 Å². The molecule has 9 heteroatoms. The summed E-state index contributed by atoms with van der Waals surface area (Å²) in [4.78, 5) is 9.84. The summed E-state index contributed by atoms with van der Waals surface area (Å²) >= 11 is 1.80. The van der Waals surface area contributed by atoms with Crippen LogP contribution in [0.25, 0.3) is 0 Å². The number of ether oxygens (including phenoxy) is 1. The molecule has 2 unspecified atom stereocenters. The van der Waals surface area contributed by atoms with Crippen LogP contribution >= 0.6 is 11.8 Å². The van der Waals surface area contributed by atoms with Gasteiger partial charge in [0.25, 0.3) is 0 Å². The second-order valence-electron chi connectivity index (χ2n) is 5.41. The number of epoxide rings is 1. The number of hydrogen-bond acceptors (Lipinski definition) is 7. The first-order valence-corrected chi connectivity index (χ1v) is 10.0. The summed E-state index contributed by atoms with van der Waals surface area (Å²) < 4.78 is 37.6. The molecule has 0 spiro atoms. The van der Waals surface area contributed by atoms with E-state index in [9.17, 15) is 13.0 Å². The molecule has 1 saturated heterocycles. The van der Waals surface area contributed by atoms with Gasteiger partial charge in [0.2, 0.25) is 0 Å². The Morgan fingerprint density at radius 3 is 2.58 bits per heavy atom. The largest absolute Gasteiger partial charge is 1.00 e. The number of hydrogen-bond donors (Lipinski definition) is 0. The third-order valence-electron chi connectivity index (χ3n) is 3.36. The van der Waals surface area contributed by atoms with Gasteiger partial charge in [-0.2, -0.15) is 11.8 Å². The second-order valence-corrected chi connectivity index (χ2v) is 7.94. The molecule has 1 aliphatic heterocycles. The summed E-state index contributed by atoms with van der Waals surface area (Å²) in [6.45, 7) is 3.89. The van der Waals surface area contributed by atoms with Gasteiger partial charge in [0.15, 0.2) is 0 Å². The smallest absolute Gasteiger partial charge is 0.744 e. The third kappa shape index (κ3) is 8.64. The molecule has 0 N–H and O–H groups in total. The average Bonchev–Trinajstić information content (AvgIpc) is 3.33. The molecule has 0 aromatic heterocycles. The van der Waals surface area contributed by atoms with Gasteiger partial charge < -0.3 is 9.29 Å². The Morgan fingerprint density at radius 2 is 2.00 bits per heavy atom. The van der Waals surface area contributed by atoms with E-state index in [-0.39, 0.29) is 46.5 Å². The summed E-state index contributed by atoms with van der Waals surface area (Å²) in [5.74, 6) is 2.16. The number of thioether (sulfide) groups is 1. The Labute approximate surface area is 169 Å². The molecule has 2 rings (SSSR count). The maximum absolute atomic E-state index is 10.9. The van der Waals surface area contributed by atoms with Crippen LogP contribution in [0.4, 0.5) is 0 Å². The quantitative estimate of drug-likeness (QED) is 0.123. The van der Waals surface area contributed by atoms with E-state index in [0.29, 0.717) is 13.2 Å². The fourth-order valence-electron chi connectivity index (χ4n) is 1.89. The van der Waals surface area contributed by atoms with Crippen LogP contribution in [-0.4, -0.2) is 50.4 Å². The molecule has 6 nitrogen and oxygen atoms in total. The van der Waals surface area contributed by atoms with E-state index in [0.717, 1.165) is 30.1 Å². The summed E-state index contributed by atoms with van der Waals surface area (Å²) in [6.07, 6.45) is 1.12. The minimum atomic E-state index is -4.37. The minimum absolute atomic E-state index is 0. The maximum atomic E-state index is 10.9. The molecular weight excluding hydrogens is 363 g/mol. The fourth-order valence-corrected chi connectivity index (χ4v) is 3.39. The zero-order chi connectivity index (χ0) is 16.7. The van der Waals surface area contributed by atoms with Crippen LogP contribution in [0.1, 0.15) is 24.8 Å². The summed E-state index contributed by atoms with van der Waals surface area (Å²) in [5, 5.41) is 0. The first-order chi connectivity index (χ1) is 11.0. The van der Waals surface area contributed by atoms with Crippen LogP contribution in [0.2, 0.25) is 0 Å². The average molecular weight is 384 g/mol. The standard InChI is InChI=1S/C15H22O6S2.Na/c1-12(13-3-5-15(6-4-13)23(16,17)18)11-22-8-2-7-20-21-10-14-9-19-14;/h3-6,12,14H,2,7-11H2,1H3,(H,16,17,18);/q;+1/p-1. The first kappa shape index (κ1) is 22.4. The molecular formula is C15H21NaO6S2. The summed E-state index contributed by atoms with van der Waals surface area (Å²) in [6, 6.07) is 6.14. The van der Waals surface area contributed by atoms with E-state index < -0.39 is 10.1 Å². The Hall–Kier alpha value is 0.360. The molecule has 24 heavy (non-hydrogen) atoms. The van der Waals surface area contributed by atoms with Crippen molar-refractivity contribution in [2.45, 2.75) is 30.3 Å². The predicted octanol–water partition coefficient (Wildman–Crippen LogP) is -0.831. The zero-order valence-corrected chi connectivity index (χ0v) is 17.6. The zero-order valence-electron chi connectivity index (χ0n) is 14.0. The Balaban J connectivity index is 0.00000288. The van der Waals surface area contributed by atoms with E-state index in [2.05, 4.69) is 6.92 Å². The molecule has 1 fully saturated rings. The molecule has 1 aromatic rings. The van der Waals surface area contributed by atoms with Crippen LogP contribution in [0, 0.1) is 0 Å². The van der Waals surface area contributed by atoms with Crippen LogP contribution in [-0.2, 0) is 24.6 Å². The van der Waals surface area contributed by atoms with Gasteiger partial charge in [-0.05, 0) is 41.5 Å². The normalized spacial score (nSPS) is 18.0. The van der Waals surface area contributed by atoms with Crippen molar-refractivity contribution in [3.63, 3.8) is 0 Å². The van der Waals surface area contributed by atoms with E-state index >= 15 is 0 Å². The third-order valence-corrected chi connectivity index (χ3v) is 5.52. The Bertz CT molecular complexity index is 574. The van der Waals surface area contributed by atoms with E-state index in [4.69, 9.17) is 14.5 Å². The molecule has 0 aliphatic carbocycles. The van der Waals surface area contributed by atoms with Gasteiger partial charge in [-0.3, -0.25) is 0 Å². The SMILES string of the molecule is CC(CSCCCOOCC1CO1)c1ccc(S(=O)(=O)[O-])cc1.[Na+]. The van der Waals surface area contributed by atoms with Crippen LogP contribution < -0.4 is 29.6 Å². The minimum Gasteiger partial charge on any atom is -0.744 e. The van der Waals surface area contributed by atoms with E-state index in [1.807, 2.05) is 0 Å². The molecule has 0 bridgehead atoms. The van der Waals surface area contributed by atoms with Gasteiger partial charge in [0.05, 0.1) is 18.1 Å². The van der Waals surface area contributed by atoms with Crippen molar-refractivity contribution in [2.75, 3.05) is 31.3 Å². The topological polar surface area (TPSA) is 88.2 Å².